The first-order chi connectivity index (χ1) is 9.74. The van der Waals surface area contributed by atoms with Crippen LogP contribution in [0.4, 0.5) is 11.6 Å². The van der Waals surface area contributed by atoms with Crippen molar-refractivity contribution in [2.24, 2.45) is 0 Å². The number of halogens is 1. The Morgan fingerprint density at radius 2 is 2.05 bits per heavy atom. The largest absolute Gasteiger partial charge is 0.464 e. The first-order valence-electron chi connectivity index (χ1n) is 6.68. The summed E-state index contributed by atoms with van der Waals surface area (Å²) in [6, 6.07) is 6.55. The summed E-state index contributed by atoms with van der Waals surface area (Å²) < 4.78 is 5.25. The Morgan fingerprint density at radius 1 is 1.20 bits per heavy atom. The molecule has 1 aromatic carbocycles. The fourth-order valence-corrected chi connectivity index (χ4v) is 2.51. The lowest BCUT2D eigenvalue weighted by molar-refractivity contribution is 0.312. The highest BCUT2D eigenvalue weighted by atomic mass is 35.5. The van der Waals surface area contributed by atoms with E-state index in [1.54, 1.807) is 0 Å². The minimum Gasteiger partial charge on any atom is -0.464 e. The average molecular weight is 291 g/mol. The number of benzene rings is 1. The van der Waals surface area contributed by atoms with Gasteiger partial charge in [0.15, 0.2) is 0 Å². The van der Waals surface area contributed by atoms with Crippen LogP contribution in [0.25, 0.3) is 0 Å². The minimum atomic E-state index is 0.118. The van der Waals surface area contributed by atoms with E-state index < -0.39 is 0 Å². The Morgan fingerprint density at radius 3 is 2.90 bits per heavy atom. The smallest absolute Gasteiger partial charge is 0.322 e. The molecule has 5 nitrogen and oxygen atoms in total. The van der Waals surface area contributed by atoms with Gasteiger partial charge in [-0.2, -0.15) is 15.0 Å². The van der Waals surface area contributed by atoms with Gasteiger partial charge in [0.2, 0.25) is 11.2 Å². The highest BCUT2D eigenvalue weighted by Crippen LogP contribution is 2.26. The van der Waals surface area contributed by atoms with Crippen LogP contribution in [0.1, 0.15) is 24.5 Å². The van der Waals surface area contributed by atoms with E-state index >= 15 is 0 Å². The first-order valence-corrected chi connectivity index (χ1v) is 7.05. The van der Waals surface area contributed by atoms with Crippen LogP contribution in [0, 0.1) is 0 Å². The third kappa shape index (κ3) is 2.82. The third-order valence-corrected chi connectivity index (χ3v) is 3.38. The molecule has 3 rings (SSSR count). The number of aryl methyl sites for hydroxylation is 2. The second-order valence-electron chi connectivity index (χ2n) is 4.61. The molecule has 0 aliphatic heterocycles. The topological polar surface area (TPSA) is 59.9 Å². The van der Waals surface area contributed by atoms with Gasteiger partial charge in [0, 0.05) is 5.69 Å². The second kappa shape index (κ2) is 5.63. The lowest BCUT2D eigenvalue weighted by Crippen LogP contribution is -2.04. The lowest BCUT2D eigenvalue weighted by atomic mass is 10.1. The zero-order chi connectivity index (χ0) is 13.9. The molecule has 0 saturated carbocycles. The van der Waals surface area contributed by atoms with E-state index in [9.17, 15) is 0 Å². The number of rotatable bonds is 4. The molecule has 1 aliphatic carbocycles. The highest BCUT2D eigenvalue weighted by molar-refractivity contribution is 6.28. The van der Waals surface area contributed by atoms with Gasteiger partial charge in [-0.05, 0) is 61.0 Å². The standard InChI is InChI=1S/C14H15ClN4O/c1-2-20-14-18-12(15)17-13(19-14)16-11-7-6-9-4-3-5-10(9)8-11/h6-8H,2-5H2,1H3,(H,16,17,18,19). The number of hydrogen-bond acceptors (Lipinski definition) is 5. The summed E-state index contributed by atoms with van der Waals surface area (Å²) in [6.45, 7) is 2.35. The molecule has 20 heavy (non-hydrogen) atoms. The minimum absolute atomic E-state index is 0.118. The number of aromatic nitrogens is 3. The molecule has 0 saturated heterocycles. The van der Waals surface area contributed by atoms with Crippen LogP contribution in [0.2, 0.25) is 5.28 Å². The molecule has 0 fully saturated rings. The fourth-order valence-electron chi connectivity index (χ4n) is 2.36. The Balaban J connectivity index is 1.83. The van der Waals surface area contributed by atoms with Crippen molar-refractivity contribution in [1.82, 2.24) is 15.0 Å². The third-order valence-electron chi connectivity index (χ3n) is 3.22. The summed E-state index contributed by atoms with van der Waals surface area (Å²) in [5.41, 5.74) is 3.77. The molecule has 0 bridgehead atoms. The van der Waals surface area contributed by atoms with Gasteiger partial charge in [-0.1, -0.05) is 6.07 Å². The fraction of sp³-hybridized carbons (Fsp3) is 0.357. The van der Waals surface area contributed by atoms with Gasteiger partial charge in [-0.15, -0.1) is 0 Å². The van der Waals surface area contributed by atoms with Crippen LogP contribution in [0.3, 0.4) is 0 Å². The molecule has 104 valence electrons. The summed E-state index contributed by atoms with van der Waals surface area (Å²) in [4.78, 5) is 12.1. The normalized spacial score (nSPS) is 13.1. The average Bonchev–Trinajstić information content (AvgIpc) is 2.85. The van der Waals surface area contributed by atoms with Crippen molar-refractivity contribution in [3.8, 4) is 6.01 Å². The van der Waals surface area contributed by atoms with Gasteiger partial charge >= 0.3 is 6.01 Å². The van der Waals surface area contributed by atoms with Crippen LogP contribution in [-0.4, -0.2) is 21.6 Å². The molecule has 1 aromatic heterocycles. The second-order valence-corrected chi connectivity index (χ2v) is 4.94. The monoisotopic (exact) mass is 290 g/mol. The van der Waals surface area contributed by atoms with Gasteiger partial charge in [0.05, 0.1) is 6.61 Å². The maximum Gasteiger partial charge on any atom is 0.322 e. The van der Waals surface area contributed by atoms with E-state index in [2.05, 4.69) is 32.4 Å². The van der Waals surface area contributed by atoms with Crippen molar-refractivity contribution in [2.75, 3.05) is 11.9 Å². The summed E-state index contributed by atoms with van der Waals surface area (Å²) in [6.07, 6.45) is 3.53. The zero-order valence-electron chi connectivity index (χ0n) is 11.2. The molecule has 6 heteroatoms. The molecular formula is C14H15ClN4O. The SMILES string of the molecule is CCOc1nc(Cl)nc(Nc2ccc3c(c2)CCC3)n1. The van der Waals surface area contributed by atoms with Crippen molar-refractivity contribution in [3.63, 3.8) is 0 Å². The molecule has 0 amide bonds. The Labute approximate surface area is 122 Å². The molecule has 0 atom stereocenters. The van der Waals surface area contributed by atoms with Gasteiger partial charge in [0.25, 0.3) is 0 Å². The maximum atomic E-state index is 5.86. The predicted octanol–water partition coefficient (Wildman–Crippen LogP) is 3.16. The van der Waals surface area contributed by atoms with Gasteiger partial charge in [-0.25, -0.2) is 0 Å². The van der Waals surface area contributed by atoms with Crippen LogP contribution < -0.4 is 10.1 Å². The Bertz CT molecular complexity index is 633. The molecule has 0 radical (unpaired) electrons. The van der Waals surface area contributed by atoms with E-state index in [0.29, 0.717) is 12.6 Å². The van der Waals surface area contributed by atoms with Gasteiger partial charge in [-0.3, -0.25) is 0 Å². The van der Waals surface area contributed by atoms with Crippen LogP contribution in [-0.2, 0) is 12.8 Å². The molecule has 1 aliphatic rings. The highest BCUT2D eigenvalue weighted by Gasteiger charge is 2.12. The molecule has 1 N–H and O–H groups in total. The maximum absolute atomic E-state index is 5.86. The van der Waals surface area contributed by atoms with Gasteiger partial charge < -0.3 is 10.1 Å². The molecule has 2 aromatic rings. The predicted molar refractivity (Wildman–Crippen MR) is 77.8 cm³/mol. The van der Waals surface area contributed by atoms with Crippen molar-refractivity contribution < 1.29 is 4.74 Å². The first kappa shape index (κ1) is 13.1. The molecule has 0 unspecified atom stereocenters. The van der Waals surface area contributed by atoms with Crippen molar-refractivity contribution >= 4 is 23.2 Å². The number of fused-ring (bicyclic) bond motifs is 1. The Kier molecular flexibility index (Phi) is 3.69. The van der Waals surface area contributed by atoms with Crippen LogP contribution >= 0.6 is 11.6 Å². The van der Waals surface area contributed by atoms with E-state index in [-0.39, 0.29) is 11.3 Å². The number of nitrogens with one attached hydrogen (secondary N) is 1. The quantitative estimate of drug-likeness (QED) is 0.937. The van der Waals surface area contributed by atoms with E-state index in [1.807, 2.05) is 13.0 Å². The van der Waals surface area contributed by atoms with E-state index in [1.165, 1.54) is 24.0 Å². The number of anilines is 2. The summed E-state index contributed by atoms with van der Waals surface area (Å²) >= 11 is 5.86. The van der Waals surface area contributed by atoms with E-state index in [4.69, 9.17) is 16.3 Å². The number of nitrogens with zero attached hydrogens (tertiary/aromatic N) is 3. The molecule has 0 spiro atoms. The van der Waals surface area contributed by atoms with E-state index in [0.717, 1.165) is 12.1 Å². The molecular weight excluding hydrogens is 276 g/mol. The number of hydrogen-bond donors (Lipinski definition) is 1. The van der Waals surface area contributed by atoms with Crippen molar-refractivity contribution in [2.45, 2.75) is 26.2 Å². The summed E-state index contributed by atoms with van der Waals surface area (Å²) in [5.74, 6) is 0.395. The summed E-state index contributed by atoms with van der Waals surface area (Å²) in [5, 5.41) is 3.26. The van der Waals surface area contributed by atoms with Crippen LogP contribution in [0.5, 0.6) is 6.01 Å². The zero-order valence-corrected chi connectivity index (χ0v) is 11.9. The lowest BCUT2D eigenvalue weighted by Gasteiger charge is -2.08. The summed E-state index contributed by atoms with van der Waals surface area (Å²) in [7, 11) is 0. The van der Waals surface area contributed by atoms with Crippen molar-refractivity contribution in [3.05, 3.63) is 34.6 Å². The Hall–Kier alpha value is -1.88. The number of ether oxygens (including phenoxy) is 1. The van der Waals surface area contributed by atoms with Crippen LogP contribution in [0.15, 0.2) is 18.2 Å². The molecule has 1 heterocycles. The van der Waals surface area contributed by atoms with Crippen molar-refractivity contribution in [1.29, 1.82) is 0 Å². The van der Waals surface area contributed by atoms with Gasteiger partial charge in [0.1, 0.15) is 0 Å².